The quantitative estimate of drug-likeness (QED) is 0.786. The Kier molecular flexibility index (Phi) is 5.55. The molecule has 0 saturated heterocycles. The Bertz CT molecular complexity index is 566. The van der Waals surface area contributed by atoms with Gasteiger partial charge in [-0.1, -0.05) is 42.2 Å². The zero-order valence-corrected chi connectivity index (χ0v) is 13.2. The highest BCUT2D eigenvalue weighted by atomic mass is 32.2. The summed E-state index contributed by atoms with van der Waals surface area (Å²) in [5.41, 5.74) is 2.33. The monoisotopic (exact) mass is 307 g/mol. The number of nitrogens with one attached hydrogen (secondary N) is 1. The molecule has 0 aliphatic heterocycles. The van der Waals surface area contributed by atoms with Gasteiger partial charge in [-0.25, -0.2) is 0 Å². The molecular weight excluding hydrogens is 290 g/mol. The van der Waals surface area contributed by atoms with Crippen LogP contribution in [0.25, 0.3) is 0 Å². The van der Waals surface area contributed by atoms with Crippen molar-refractivity contribution in [2.45, 2.75) is 31.0 Å². The van der Waals surface area contributed by atoms with Crippen LogP contribution < -0.4 is 5.32 Å². The van der Waals surface area contributed by atoms with E-state index in [2.05, 4.69) is 34.6 Å². The van der Waals surface area contributed by atoms with E-state index in [0.717, 1.165) is 27.3 Å². The highest BCUT2D eigenvalue weighted by Gasteiger charge is 2.05. The number of carbonyl (C=O) groups is 1. The molecule has 20 heavy (non-hydrogen) atoms. The van der Waals surface area contributed by atoms with Gasteiger partial charge in [0.1, 0.15) is 5.78 Å². The maximum absolute atomic E-state index is 10.9. The molecule has 1 aromatic heterocycles. The van der Waals surface area contributed by atoms with Crippen LogP contribution in [0.5, 0.6) is 0 Å². The molecule has 1 aromatic carbocycles. The Balaban J connectivity index is 1.89. The Morgan fingerprint density at radius 3 is 2.70 bits per heavy atom. The fourth-order valence-corrected chi connectivity index (χ4v) is 3.43. The first-order chi connectivity index (χ1) is 9.67. The molecule has 0 aliphatic carbocycles. The van der Waals surface area contributed by atoms with E-state index in [-0.39, 0.29) is 5.78 Å². The van der Waals surface area contributed by atoms with Crippen molar-refractivity contribution in [2.24, 2.45) is 0 Å². The molecule has 1 heterocycles. The normalized spacial score (nSPS) is 10.5. The SMILES string of the molecule is CCc1ccc(Nc2nnc(SCCC(C)=O)s2)cc1. The van der Waals surface area contributed by atoms with E-state index in [0.29, 0.717) is 6.42 Å². The molecule has 0 spiro atoms. The standard InChI is InChI=1S/C14H17N3OS2/c1-3-11-4-6-12(7-5-11)15-13-16-17-14(20-13)19-9-8-10(2)18/h4-7H,3,8-9H2,1-2H3,(H,15,16). The van der Waals surface area contributed by atoms with Crippen LogP contribution in [0.3, 0.4) is 0 Å². The number of hydrogen-bond acceptors (Lipinski definition) is 6. The van der Waals surface area contributed by atoms with Gasteiger partial charge in [-0.05, 0) is 31.0 Å². The lowest BCUT2D eigenvalue weighted by atomic mass is 10.1. The van der Waals surface area contributed by atoms with Crippen molar-refractivity contribution in [3.63, 3.8) is 0 Å². The lowest BCUT2D eigenvalue weighted by molar-refractivity contribution is -0.116. The van der Waals surface area contributed by atoms with Crippen molar-refractivity contribution in [3.05, 3.63) is 29.8 Å². The van der Waals surface area contributed by atoms with E-state index in [1.807, 2.05) is 12.1 Å². The van der Waals surface area contributed by atoms with Crippen LogP contribution in [-0.2, 0) is 11.2 Å². The molecule has 1 N–H and O–H groups in total. The van der Waals surface area contributed by atoms with Gasteiger partial charge in [0.15, 0.2) is 4.34 Å². The average molecular weight is 307 g/mol. The zero-order chi connectivity index (χ0) is 14.4. The molecule has 0 bridgehead atoms. The van der Waals surface area contributed by atoms with Crippen molar-refractivity contribution in [3.8, 4) is 0 Å². The van der Waals surface area contributed by atoms with Crippen molar-refractivity contribution < 1.29 is 4.79 Å². The summed E-state index contributed by atoms with van der Waals surface area (Å²) in [7, 11) is 0. The molecular formula is C14H17N3OS2. The second-order valence-electron chi connectivity index (χ2n) is 4.35. The van der Waals surface area contributed by atoms with Gasteiger partial charge in [-0.2, -0.15) is 0 Å². The van der Waals surface area contributed by atoms with Gasteiger partial charge in [0, 0.05) is 17.9 Å². The molecule has 0 atom stereocenters. The third kappa shape index (κ3) is 4.61. The minimum absolute atomic E-state index is 0.205. The molecule has 0 aliphatic rings. The van der Waals surface area contributed by atoms with Crippen LogP contribution in [0.15, 0.2) is 28.6 Å². The smallest absolute Gasteiger partial charge is 0.210 e. The molecule has 0 fully saturated rings. The summed E-state index contributed by atoms with van der Waals surface area (Å²) in [6, 6.07) is 8.30. The summed E-state index contributed by atoms with van der Waals surface area (Å²) in [6.07, 6.45) is 1.61. The van der Waals surface area contributed by atoms with Crippen molar-refractivity contribution >= 4 is 39.7 Å². The fraction of sp³-hybridized carbons (Fsp3) is 0.357. The Labute approximate surface area is 127 Å². The molecule has 0 saturated carbocycles. The summed E-state index contributed by atoms with van der Waals surface area (Å²) in [5.74, 6) is 0.964. The number of aryl methyl sites for hydroxylation is 1. The van der Waals surface area contributed by atoms with Gasteiger partial charge >= 0.3 is 0 Å². The molecule has 0 radical (unpaired) electrons. The van der Waals surface area contributed by atoms with E-state index < -0.39 is 0 Å². The highest BCUT2D eigenvalue weighted by Crippen LogP contribution is 2.28. The number of anilines is 2. The summed E-state index contributed by atoms with van der Waals surface area (Å²) in [5, 5.41) is 12.2. The number of hydrogen-bond donors (Lipinski definition) is 1. The van der Waals surface area contributed by atoms with E-state index in [9.17, 15) is 4.79 Å². The summed E-state index contributed by atoms with van der Waals surface area (Å²) < 4.78 is 0.888. The minimum atomic E-state index is 0.205. The maximum Gasteiger partial charge on any atom is 0.210 e. The first kappa shape index (κ1) is 15.0. The largest absolute Gasteiger partial charge is 0.330 e. The van der Waals surface area contributed by atoms with Gasteiger partial charge < -0.3 is 5.32 Å². The molecule has 2 rings (SSSR count). The Morgan fingerprint density at radius 1 is 1.30 bits per heavy atom. The zero-order valence-electron chi connectivity index (χ0n) is 11.5. The number of nitrogens with zero attached hydrogens (tertiary/aromatic N) is 2. The van der Waals surface area contributed by atoms with Crippen LogP contribution in [-0.4, -0.2) is 21.7 Å². The van der Waals surface area contributed by atoms with E-state index in [4.69, 9.17) is 0 Å². The van der Waals surface area contributed by atoms with Gasteiger partial charge in [0.25, 0.3) is 0 Å². The van der Waals surface area contributed by atoms with Crippen LogP contribution in [0.2, 0.25) is 0 Å². The molecule has 6 heteroatoms. The van der Waals surface area contributed by atoms with Gasteiger partial charge in [0.2, 0.25) is 5.13 Å². The number of thioether (sulfide) groups is 1. The van der Waals surface area contributed by atoms with E-state index >= 15 is 0 Å². The predicted octanol–water partition coefficient (Wildman–Crippen LogP) is 3.92. The topological polar surface area (TPSA) is 54.9 Å². The van der Waals surface area contributed by atoms with Gasteiger partial charge in [-0.15, -0.1) is 10.2 Å². The summed E-state index contributed by atoms with van der Waals surface area (Å²) in [6.45, 7) is 3.74. The lowest BCUT2D eigenvalue weighted by Crippen LogP contribution is -1.91. The molecule has 106 valence electrons. The molecule has 0 unspecified atom stereocenters. The number of carbonyl (C=O) groups excluding carboxylic acids is 1. The first-order valence-electron chi connectivity index (χ1n) is 6.49. The van der Waals surface area contributed by atoms with Crippen LogP contribution in [0, 0.1) is 0 Å². The van der Waals surface area contributed by atoms with E-state index in [1.54, 1.807) is 18.7 Å². The number of benzene rings is 1. The second kappa shape index (κ2) is 7.40. The second-order valence-corrected chi connectivity index (χ2v) is 6.67. The van der Waals surface area contributed by atoms with Crippen molar-refractivity contribution in [1.82, 2.24) is 10.2 Å². The van der Waals surface area contributed by atoms with Crippen LogP contribution in [0.1, 0.15) is 25.8 Å². The minimum Gasteiger partial charge on any atom is -0.330 e. The van der Waals surface area contributed by atoms with Gasteiger partial charge in [0.05, 0.1) is 0 Å². The number of aromatic nitrogens is 2. The number of Topliss-reactive ketones (excluding diaryl/α,β-unsaturated/α-hetero) is 1. The summed E-state index contributed by atoms with van der Waals surface area (Å²) >= 11 is 3.08. The fourth-order valence-electron chi connectivity index (χ4n) is 1.55. The van der Waals surface area contributed by atoms with E-state index in [1.165, 1.54) is 16.9 Å². The summed E-state index contributed by atoms with van der Waals surface area (Å²) in [4.78, 5) is 10.9. The van der Waals surface area contributed by atoms with Crippen LogP contribution in [0.4, 0.5) is 10.8 Å². The van der Waals surface area contributed by atoms with Crippen molar-refractivity contribution in [2.75, 3.05) is 11.1 Å². The first-order valence-corrected chi connectivity index (χ1v) is 8.29. The van der Waals surface area contributed by atoms with Crippen molar-refractivity contribution in [1.29, 1.82) is 0 Å². The number of rotatable bonds is 7. The molecule has 2 aromatic rings. The Hall–Kier alpha value is -1.40. The maximum atomic E-state index is 10.9. The van der Waals surface area contributed by atoms with Gasteiger partial charge in [-0.3, -0.25) is 4.79 Å². The molecule has 0 amide bonds. The Morgan fingerprint density at radius 2 is 2.05 bits per heavy atom. The van der Waals surface area contributed by atoms with Crippen LogP contribution >= 0.6 is 23.1 Å². The average Bonchev–Trinajstić information content (AvgIpc) is 2.87. The highest BCUT2D eigenvalue weighted by molar-refractivity contribution is 8.01. The molecule has 4 nitrogen and oxygen atoms in total. The third-order valence-electron chi connectivity index (χ3n) is 2.70. The lowest BCUT2D eigenvalue weighted by Gasteiger charge is -2.02. The number of ketones is 1. The third-order valence-corrected chi connectivity index (χ3v) is 4.67. The predicted molar refractivity (Wildman–Crippen MR) is 85.0 cm³/mol.